The normalized spacial score (nSPS) is 13.7. The monoisotopic (exact) mass is 530 g/mol. The number of carbonyl (C=O) groups excluding carboxylic acids is 1. The van der Waals surface area contributed by atoms with Crippen LogP contribution >= 0.6 is 0 Å². The molecule has 0 saturated carbocycles. The maximum Gasteiger partial charge on any atom is 0.247 e. The van der Waals surface area contributed by atoms with E-state index in [0.717, 1.165) is 48.2 Å². The van der Waals surface area contributed by atoms with E-state index in [9.17, 15) is 4.79 Å². The number of rotatable bonds is 10. The molecule has 1 aliphatic heterocycles. The molecule has 0 fully saturated rings. The van der Waals surface area contributed by atoms with Gasteiger partial charge in [-0.3, -0.25) is 9.78 Å². The highest BCUT2D eigenvalue weighted by Gasteiger charge is 2.38. The Morgan fingerprint density at radius 2 is 1.92 bits per heavy atom. The summed E-state index contributed by atoms with van der Waals surface area (Å²) >= 11 is 0. The Balaban J connectivity index is 1.68. The topological polar surface area (TPSA) is 98.8 Å². The molecular formula is C29H38N8O2. The van der Waals surface area contributed by atoms with Crippen LogP contribution in [0.4, 0.5) is 34.4 Å². The second-order valence-electron chi connectivity index (χ2n) is 10.7. The summed E-state index contributed by atoms with van der Waals surface area (Å²) in [6.07, 6.45) is 2.80. The van der Waals surface area contributed by atoms with E-state index in [0.29, 0.717) is 22.9 Å². The zero-order chi connectivity index (χ0) is 28.3. The first-order chi connectivity index (χ1) is 18.5. The van der Waals surface area contributed by atoms with E-state index in [1.165, 1.54) is 6.08 Å². The minimum Gasteiger partial charge on any atom is -0.494 e. The van der Waals surface area contributed by atoms with Gasteiger partial charge in [-0.25, -0.2) is 9.97 Å². The number of amides is 1. The fourth-order valence-corrected chi connectivity index (χ4v) is 4.63. The minimum absolute atomic E-state index is 0.115. The van der Waals surface area contributed by atoms with Crippen molar-refractivity contribution in [2.24, 2.45) is 0 Å². The summed E-state index contributed by atoms with van der Waals surface area (Å²) in [6.45, 7) is 12.4. The highest BCUT2D eigenvalue weighted by atomic mass is 16.5. The van der Waals surface area contributed by atoms with E-state index >= 15 is 0 Å². The van der Waals surface area contributed by atoms with Crippen LogP contribution in [0.5, 0.6) is 5.75 Å². The van der Waals surface area contributed by atoms with E-state index in [2.05, 4.69) is 61.8 Å². The molecule has 2 N–H and O–H groups in total. The van der Waals surface area contributed by atoms with Crippen LogP contribution in [0.2, 0.25) is 0 Å². The first kappa shape index (κ1) is 27.8. The predicted molar refractivity (Wildman–Crippen MR) is 158 cm³/mol. The van der Waals surface area contributed by atoms with Crippen LogP contribution in [-0.4, -0.2) is 73.6 Å². The molecule has 1 amide bonds. The van der Waals surface area contributed by atoms with Crippen molar-refractivity contribution < 1.29 is 9.53 Å². The summed E-state index contributed by atoms with van der Waals surface area (Å²) in [7, 11) is 7.65. The number of pyridine rings is 1. The van der Waals surface area contributed by atoms with Crippen molar-refractivity contribution >= 4 is 40.3 Å². The number of fused-ring (bicyclic) bond motifs is 1. The van der Waals surface area contributed by atoms with Gasteiger partial charge in [-0.15, -0.1) is 0 Å². The van der Waals surface area contributed by atoms with Gasteiger partial charge < -0.3 is 30.1 Å². The van der Waals surface area contributed by atoms with Crippen LogP contribution < -0.4 is 25.2 Å². The van der Waals surface area contributed by atoms with Crippen LogP contribution in [0.1, 0.15) is 25.2 Å². The summed E-state index contributed by atoms with van der Waals surface area (Å²) < 4.78 is 5.74. The Morgan fingerprint density at radius 3 is 2.62 bits per heavy atom. The van der Waals surface area contributed by atoms with Crippen LogP contribution in [0, 0.1) is 6.92 Å². The number of methoxy groups -OCH3 is 1. The molecule has 3 heterocycles. The van der Waals surface area contributed by atoms with Gasteiger partial charge in [0, 0.05) is 49.9 Å². The molecule has 0 atom stereocenters. The fourth-order valence-electron chi connectivity index (χ4n) is 4.63. The maximum atomic E-state index is 12.3. The zero-order valence-corrected chi connectivity index (χ0v) is 23.9. The zero-order valence-electron chi connectivity index (χ0n) is 23.9. The van der Waals surface area contributed by atoms with Gasteiger partial charge in [0.15, 0.2) is 0 Å². The highest BCUT2D eigenvalue weighted by Crippen LogP contribution is 2.43. The Kier molecular flexibility index (Phi) is 8.06. The number of nitrogens with zero attached hydrogens (tertiary/aromatic N) is 6. The molecule has 4 rings (SSSR count). The SMILES string of the molecule is C=CC(=O)Nc1cc(Nc2cc(N3CC(C)(C)c4nc(C)ccc43)ncn2)c(OC)cc1N(C)CCN(C)C. The largest absolute Gasteiger partial charge is 0.494 e. The first-order valence-corrected chi connectivity index (χ1v) is 12.9. The second kappa shape index (κ2) is 11.3. The van der Waals surface area contributed by atoms with Gasteiger partial charge in [0.25, 0.3) is 0 Å². The van der Waals surface area contributed by atoms with Crippen molar-refractivity contribution in [3.05, 3.63) is 60.7 Å². The molecule has 3 aromatic rings. The van der Waals surface area contributed by atoms with Crippen molar-refractivity contribution in [3.8, 4) is 5.75 Å². The van der Waals surface area contributed by atoms with Gasteiger partial charge in [-0.05, 0) is 45.3 Å². The molecule has 10 heteroatoms. The summed E-state index contributed by atoms with van der Waals surface area (Å²) in [5, 5.41) is 6.30. The van der Waals surface area contributed by atoms with Gasteiger partial charge >= 0.3 is 0 Å². The quantitative estimate of drug-likeness (QED) is 0.368. The number of nitrogens with one attached hydrogen (secondary N) is 2. The molecule has 1 aliphatic rings. The van der Waals surface area contributed by atoms with Crippen LogP contribution in [0.15, 0.2) is 49.3 Å². The van der Waals surface area contributed by atoms with E-state index in [-0.39, 0.29) is 11.3 Å². The van der Waals surface area contributed by atoms with E-state index in [1.807, 2.05) is 52.3 Å². The summed E-state index contributed by atoms with van der Waals surface area (Å²) in [6, 6.07) is 9.79. The maximum absolute atomic E-state index is 12.3. The molecule has 39 heavy (non-hydrogen) atoms. The Bertz CT molecular complexity index is 1370. The number of hydrogen-bond donors (Lipinski definition) is 2. The number of carbonyl (C=O) groups is 1. The molecule has 2 aromatic heterocycles. The summed E-state index contributed by atoms with van der Waals surface area (Å²) in [5.74, 6) is 1.69. The average Bonchev–Trinajstić information content (AvgIpc) is 3.17. The third-order valence-corrected chi connectivity index (χ3v) is 6.75. The number of aryl methyl sites for hydroxylation is 1. The Morgan fingerprint density at radius 1 is 1.15 bits per heavy atom. The van der Waals surface area contributed by atoms with E-state index in [1.54, 1.807) is 13.4 Å². The van der Waals surface area contributed by atoms with Crippen LogP contribution in [0.3, 0.4) is 0 Å². The lowest BCUT2D eigenvalue weighted by Crippen LogP contribution is -2.29. The standard InChI is InChI=1S/C29H38N8O2/c1-9-27(38)34-20-14-21(24(39-8)15-23(20)36(7)13-12-35(5)6)33-25-16-26(31-18-30-25)37-17-29(3,4)28-22(37)11-10-19(2)32-28/h9-11,14-16,18H,1,12-13,17H2,2-8H3,(H,34,38)(H,30,31,33). The molecule has 0 radical (unpaired) electrons. The molecule has 1 aromatic carbocycles. The van der Waals surface area contributed by atoms with Gasteiger partial charge in [-0.1, -0.05) is 20.4 Å². The van der Waals surface area contributed by atoms with Crippen molar-refractivity contribution in [2.45, 2.75) is 26.2 Å². The molecule has 206 valence electrons. The highest BCUT2D eigenvalue weighted by molar-refractivity contribution is 6.02. The number of ether oxygens (including phenoxy) is 1. The fraction of sp³-hybridized carbons (Fsp3) is 0.379. The summed E-state index contributed by atoms with van der Waals surface area (Å²) in [4.78, 5) is 32.5. The molecule has 0 unspecified atom stereocenters. The van der Waals surface area contributed by atoms with Gasteiger partial charge in [0.05, 0.1) is 35.6 Å². The number of likely N-dealkylation sites (N-methyl/N-ethyl adjacent to an activating group) is 2. The Hall–Kier alpha value is -4.18. The first-order valence-electron chi connectivity index (χ1n) is 12.9. The van der Waals surface area contributed by atoms with Crippen molar-refractivity contribution in [1.82, 2.24) is 19.9 Å². The average molecular weight is 531 g/mol. The molecular weight excluding hydrogens is 492 g/mol. The van der Waals surface area contributed by atoms with E-state index < -0.39 is 0 Å². The number of hydrogen-bond acceptors (Lipinski definition) is 9. The number of anilines is 6. The lowest BCUT2D eigenvalue weighted by Gasteiger charge is -2.26. The van der Waals surface area contributed by atoms with Crippen LogP contribution in [0.25, 0.3) is 0 Å². The molecule has 0 spiro atoms. The predicted octanol–water partition coefficient (Wildman–Crippen LogP) is 4.48. The lowest BCUT2D eigenvalue weighted by atomic mass is 9.91. The summed E-state index contributed by atoms with van der Waals surface area (Å²) in [5.41, 5.74) is 5.12. The number of aromatic nitrogens is 3. The molecule has 0 aliphatic carbocycles. The van der Waals surface area contributed by atoms with E-state index in [4.69, 9.17) is 9.72 Å². The lowest BCUT2D eigenvalue weighted by molar-refractivity contribution is -0.111. The minimum atomic E-state index is -0.295. The van der Waals surface area contributed by atoms with Crippen LogP contribution in [-0.2, 0) is 10.2 Å². The molecule has 0 bridgehead atoms. The third-order valence-electron chi connectivity index (χ3n) is 6.75. The molecule has 10 nitrogen and oxygen atoms in total. The van der Waals surface area contributed by atoms with Crippen molar-refractivity contribution in [1.29, 1.82) is 0 Å². The second-order valence-corrected chi connectivity index (χ2v) is 10.7. The Labute approximate surface area is 230 Å². The molecule has 0 saturated heterocycles. The smallest absolute Gasteiger partial charge is 0.247 e. The van der Waals surface area contributed by atoms with Crippen molar-refractivity contribution in [3.63, 3.8) is 0 Å². The van der Waals surface area contributed by atoms with Crippen molar-refractivity contribution in [2.75, 3.05) is 68.3 Å². The number of benzene rings is 1. The third kappa shape index (κ3) is 6.12. The van der Waals surface area contributed by atoms with Gasteiger partial charge in [-0.2, -0.15) is 0 Å². The van der Waals surface area contributed by atoms with Gasteiger partial charge in [0.2, 0.25) is 5.91 Å². The van der Waals surface area contributed by atoms with Gasteiger partial charge in [0.1, 0.15) is 23.7 Å².